The van der Waals surface area contributed by atoms with Crippen molar-refractivity contribution in [3.05, 3.63) is 112 Å². The molecule has 2 N–H and O–H groups in total. The molecule has 0 saturated carbocycles. The number of benzene rings is 3. The van der Waals surface area contributed by atoms with Crippen molar-refractivity contribution < 1.29 is 15.0 Å². The summed E-state index contributed by atoms with van der Waals surface area (Å²) >= 11 is 0. The Morgan fingerprint density at radius 3 is 2.03 bits per heavy atom. The summed E-state index contributed by atoms with van der Waals surface area (Å²) in [6.07, 6.45) is 4.35. The van der Waals surface area contributed by atoms with Crippen molar-refractivity contribution in [3.8, 4) is 11.5 Å². The molecule has 0 fully saturated rings. The fourth-order valence-corrected chi connectivity index (χ4v) is 4.98. The van der Waals surface area contributed by atoms with E-state index in [1.165, 1.54) is 0 Å². The molecule has 0 bridgehead atoms. The fraction of sp³-hybridized carbons (Fsp3) is 0.148. The van der Waals surface area contributed by atoms with Crippen molar-refractivity contribution in [2.24, 2.45) is 0 Å². The average Bonchev–Trinajstić information content (AvgIpc) is 3.05. The molecule has 2 aliphatic carbocycles. The third-order valence-electron chi connectivity index (χ3n) is 6.39. The highest BCUT2D eigenvalue weighted by Gasteiger charge is 2.50. The molecular weight excluding hydrogens is 372 g/mol. The van der Waals surface area contributed by atoms with Gasteiger partial charge in [-0.1, -0.05) is 60.7 Å². The highest BCUT2D eigenvalue weighted by atomic mass is 16.3. The SMILES string of the molecule is Cc1cc(C2(c3ccc(O)c(C)c3)C3=C(C=CCC3=O)c3ccccc32)ccc1O. The average molecular weight is 394 g/mol. The number of fused-ring (bicyclic) bond motifs is 2. The van der Waals surface area contributed by atoms with Gasteiger partial charge in [-0.2, -0.15) is 0 Å². The van der Waals surface area contributed by atoms with Crippen LogP contribution in [0.25, 0.3) is 5.57 Å². The van der Waals surface area contributed by atoms with E-state index in [4.69, 9.17) is 0 Å². The summed E-state index contributed by atoms with van der Waals surface area (Å²) in [6.45, 7) is 3.74. The number of phenols is 2. The minimum atomic E-state index is -0.801. The van der Waals surface area contributed by atoms with Crippen molar-refractivity contribution in [3.63, 3.8) is 0 Å². The van der Waals surface area contributed by atoms with E-state index >= 15 is 0 Å². The highest BCUT2D eigenvalue weighted by Crippen LogP contribution is 2.56. The number of Topliss-reactive ketones (excluding diaryl/α,β-unsaturated/α-hetero) is 1. The number of allylic oxidation sites excluding steroid dienone is 4. The van der Waals surface area contributed by atoms with Gasteiger partial charge in [0.25, 0.3) is 0 Å². The lowest BCUT2D eigenvalue weighted by Gasteiger charge is -2.36. The Bertz CT molecular complexity index is 1230. The van der Waals surface area contributed by atoms with Crippen LogP contribution in [0.2, 0.25) is 0 Å². The Morgan fingerprint density at radius 1 is 0.833 bits per heavy atom. The van der Waals surface area contributed by atoms with Crippen LogP contribution < -0.4 is 0 Å². The van der Waals surface area contributed by atoms with Crippen molar-refractivity contribution in [1.82, 2.24) is 0 Å². The second-order valence-electron chi connectivity index (χ2n) is 8.12. The lowest BCUT2D eigenvalue weighted by molar-refractivity contribution is -0.115. The molecule has 3 aromatic rings. The minimum absolute atomic E-state index is 0.0974. The Kier molecular flexibility index (Phi) is 3.97. The zero-order valence-electron chi connectivity index (χ0n) is 16.9. The normalized spacial score (nSPS) is 16.5. The van der Waals surface area contributed by atoms with Gasteiger partial charge < -0.3 is 10.2 Å². The standard InChI is InChI=1S/C27H22O3/c1-16-14-18(10-12-23(16)28)27(19-11-13-24(29)17(2)15-19)22-8-4-3-6-20(22)21-7-5-9-25(30)26(21)27/h3-8,10-15,28-29H,9H2,1-2H3. The summed E-state index contributed by atoms with van der Waals surface area (Å²) in [6, 6.07) is 19.3. The molecule has 0 heterocycles. The van der Waals surface area contributed by atoms with Crippen LogP contribution in [0, 0.1) is 13.8 Å². The van der Waals surface area contributed by atoms with Crippen LogP contribution in [0.15, 0.2) is 78.4 Å². The smallest absolute Gasteiger partial charge is 0.164 e. The molecule has 0 aromatic heterocycles. The maximum Gasteiger partial charge on any atom is 0.164 e. The lowest BCUT2D eigenvalue weighted by atomic mass is 9.65. The molecule has 30 heavy (non-hydrogen) atoms. The van der Waals surface area contributed by atoms with Crippen LogP contribution in [0.1, 0.15) is 39.8 Å². The van der Waals surface area contributed by atoms with Crippen molar-refractivity contribution in [1.29, 1.82) is 0 Å². The van der Waals surface area contributed by atoms with Gasteiger partial charge in [0.2, 0.25) is 0 Å². The molecule has 2 aliphatic rings. The third kappa shape index (κ3) is 2.35. The van der Waals surface area contributed by atoms with E-state index in [-0.39, 0.29) is 17.3 Å². The van der Waals surface area contributed by atoms with E-state index in [0.29, 0.717) is 6.42 Å². The van der Waals surface area contributed by atoms with Gasteiger partial charge >= 0.3 is 0 Å². The molecule has 3 nitrogen and oxygen atoms in total. The molecular formula is C27H22O3. The Hall–Kier alpha value is -3.59. The molecule has 0 saturated heterocycles. The number of hydrogen-bond donors (Lipinski definition) is 2. The first kappa shape index (κ1) is 18.4. The fourth-order valence-electron chi connectivity index (χ4n) is 4.98. The topological polar surface area (TPSA) is 57.5 Å². The number of hydrogen-bond acceptors (Lipinski definition) is 3. The first-order valence-corrected chi connectivity index (χ1v) is 10.1. The number of ketones is 1. The van der Waals surface area contributed by atoms with E-state index < -0.39 is 5.41 Å². The summed E-state index contributed by atoms with van der Waals surface area (Å²) in [4.78, 5) is 13.4. The predicted octanol–water partition coefficient (Wildman–Crippen LogP) is 5.35. The Labute approximate surface area is 175 Å². The summed E-state index contributed by atoms with van der Waals surface area (Å²) < 4.78 is 0. The quantitative estimate of drug-likeness (QED) is 0.616. The molecule has 148 valence electrons. The molecule has 5 rings (SSSR count). The van der Waals surface area contributed by atoms with Crippen LogP contribution in [-0.4, -0.2) is 16.0 Å². The van der Waals surface area contributed by atoms with Crippen molar-refractivity contribution >= 4 is 11.4 Å². The number of phenolic OH excluding ortho intramolecular Hbond substituents is 2. The number of aryl methyl sites for hydroxylation is 2. The molecule has 3 aromatic carbocycles. The first-order chi connectivity index (χ1) is 14.4. The molecule has 0 unspecified atom stereocenters. The van der Waals surface area contributed by atoms with Gasteiger partial charge in [-0.15, -0.1) is 0 Å². The summed E-state index contributed by atoms with van der Waals surface area (Å²) in [5, 5.41) is 20.4. The van der Waals surface area contributed by atoms with Crippen LogP contribution in [0.5, 0.6) is 11.5 Å². The van der Waals surface area contributed by atoms with Gasteiger partial charge in [-0.3, -0.25) is 4.79 Å². The van der Waals surface area contributed by atoms with E-state index in [0.717, 1.165) is 44.5 Å². The zero-order valence-corrected chi connectivity index (χ0v) is 16.9. The lowest BCUT2D eigenvalue weighted by Crippen LogP contribution is -2.34. The molecule has 3 heteroatoms. The molecule has 0 aliphatic heterocycles. The third-order valence-corrected chi connectivity index (χ3v) is 6.39. The first-order valence-electron chi connectivity index (χ1n) is 10.1. The number of aromatic hydroxyl groups is 2. The van der Waals surface area contributed by atoms with E-state index in [9.17, 15) is 15.0 Å². The van der Waals surface area contributed by atoms with Gasteiger partial charge in [0.15, 0.2) is 5.78 Å². The summed E-state index contributed by atoms with van der Waals surface area (Å²) in [5.74, 6) is 0.553. The Morgan fingerprint density at radius 2 is 1.43 bits per heavy atom. The second-order valence-corrected chi connectivity index (χ2v) is 8.12. The maximum atomic E-state index is 13.4. The molecule has 0 radical (unpaired) electrons. The van der Waals surface area contributed by atoms with Gasteiger partial charge in [-0.05, 0) is 64.9 Å². The second kappa shape index (κ2) is 6.46. The molecule has 0 atom stereocenters. The minimum Gasteiger partial charge on any atom is -0.508 e. The van der Waals surface area contributed by atoms with Crippen LogP contribution >= 0.6 is 0 Å². The monoisotopic (exact) mass is 394 g/mol. The Balaban J connectivity index is 1.97. The zero-order chi connectivity index (χ0) is 21.0. The van der Waals surface area contributed by atoms with E-state index in [1.807, 2.05) is 56.3 Å². The van der Waals surface area contributed by atoms with Crippen LogP contribution in [-0.2, 0) is 10.2 Å². The highest BCUT2D eigenvalue weighted by molar-refractivity contribution is 6.14. The predicted molar refractivity (Wildman–Crippen MR) is 118 cm³/mol. The maximum absolute atomic E-state index is 13.4. The van der Waals surface area contributed by atoms with E-state index in [1.54, 1.807) is 12.1 Å². The largest absolute Gasteiger partial charge is 0.508 e. The molecule has 0 amide bonds. The van der Waals surface area contributed by atoms with Crippen LogP contribution in [0.4, 0.5) is 0 Å². The van der Waals surface area contributed by atoms with Gasteiger partial charge in [0.05, 0.1) is 5.41 Å². The van der Waals surface area contributed by atoms with Gasteiger partial charge in [-0.25, -0.2) is 0 Å². The molecule has 0 spiro atoms. The van der Waals surface area contributed by atoms with Crippen molar-refractivity contribution in [2.75, 3.05) is 0 Å². The number of carbonyl (C=O) groups is 1. The van der Waals surface area contributed by atoms with Gasteiger partial charge in [0.1, 0.15) is 11.5 Å². The van der Waals surface area contributed by atoms with E-state index in [2.05, 4.69) is 18.2 Å². The number of carbonyl (C=O) groups excluding carboxylic acids is 1. The summed E-state index contributed by atoms with van der Waals surface area (Å²) in [5.41, 5.74) is 6.40. The van der Waals surface area contributed by atoms with Gasteiger partial charge in [0, 0.05) is 12.0 Å². The van der Waals surface area contributed by atoms with Crippen LogP contribution in [0.3, 0.4) is 0 Å². The summed E-state index contributed by atoms with van der Waals surface area (Å²) in [7, 11) is 0. The number of rotatable bonds is 2. The van der Waals surface area contributed by atoms with Crippen molar-refractivity contribution in [2.45, 2.75) is 25.7 Å².